The maximum atomic E-state index is 15.2. The van der Waals surface area contributed by atoms with E-state index >= 15 is 4.39 Å². The van der Waals surface area contributed by atoms with Gasteiger partial charge in [0.1, 0.15) is 5.82 Å². The van der Waals surface area contributed by atoms with E-state index in [0.717, 1.165) is 27.9 Å². The van der Waals surface area contributed by atoms with Gasteiger partial charge in [-0.1, -0.05) is 60.7 Å². The third kappa shape index (κ3) is 3.62. The SMILES string of the molecule is N#Cc1ccc(-c2cc(-c3ccccc3)cc(F)c2Nc2ccccc2)cc1. The molecule has 0 bridgehead atoms. The highest BCUT2D eigenvalue weighted by atomic mass is 19.1. The van der Waals surface area contributed by atoms with Crippen LogP contribution in [0.4, 0.5) is 15.8 Å². The molecule has 0 unspecified atom stereocenters. The Labute approximate surface area is 163 Å². The molecule has 0 atom stereocenters. The van der Waals surface area contributed by atoms with E-state index in [1.807, 2.05) is 78.9 Å². The van der Waals surface area contributed by atoms with Gasteiger partial charge in [-0.3, -0.25) is 0 Å². The molecular weight excluding hydrogens is 347 g/mol. The highest BCUT2D eigenvalue weighted by Crippen LogP contribution is 2.37. The van der Waals surface area contributed by atoms with Crippen molar-refractivity contribution < 1.29 is 4.39 Å². The summed E-state index contributed by atoms with van der Waals surface area (Å²) < 4.78 is 15.2. The molecule has 0 saturated carbocycles. The Morgan fingerprint density at radius 1 is 0.679 bits per heavy atom. The van der Waals surface area contributed by atoms with Gasteiger partial charge in [0, 0.05) is 11.3 Å². The first kappa shape index (κ1) is 17.5. The van der Waals surface area contributed by atoms with E-state index in [0.29, 0.717) is 11.3 Å². The van der Waals surface area contributed by atoms with Gasteiger partial charge in [-0.25, -0.2) is 4.39 Å². The minimum absolute atomic E-state index is 0.329. The topological polar surface area (TPSA) is 35.8 Å². The second kappa shape index (κ2) is 7.77. The van der Waals surface area contributed by atoms with Gasteiger partial charge in [0.05, 0.1) is 17.3 Å². The number of nitrogens with zero attached hydrogens (tertiary/aromatic N) is 1. The van der Waals surface area contributed by atoms with E-state index in [9.17, 15) is 0 Å². The lowest BCUT2D eigenvalue weighted by molar-refractivity contribution is 0.633. The molecule has 0 saturated heterocycles. The summed E-state index contributed by atoms with van der Waals surface area (Å²) in [5.74, 6) is -0.329. The van der Waals surface area contributed by atoms with Crippen molar-refractivity contribution in [3.8, 4) is 28.3 Å². The molecule has 4 aromatic rings. The molecule has 0 spiro atoms. The standard InChI is InChI=1S/C25H17FN2/c26-24-16-21(19-7-3-1-4-8-19)15-23(20-13-11-18(17-27)12-14-20)25(24)28-22-9-5-2-6-10-22/h1-16,28H. The number of halogens is 1. The summed E-state index contributed by atoms with van der Waals surface area (Å²) in [5, 5.41) is 12.3. The van der Waals surface area contributed by atoms with Crippen LogP contribution < -0.4 is 5.32 Å². The van der Waals surface area contributed by atoms with Crippen LogP contribution in [0.5, 0.6) is 0 Å². The molecule has 0 aliphatic heterocycles. The second-order valence-corrected chi connectivity index (χ2v) is 6.43. The molecule has 0 aromatic heterocycles. The van der Waals surface area contributed by atoms with Crippen molar-refractivity contribution in [2.24, 2.45) is 0 Å². The van der Waals surface area contributed by atoms with E-state index < -0.39 is 0 Å². The van der Waals surface area contributed by atoms with Crippen LogP contribution in [0.3, 0.4) is 0 Å². The Kier molecular flexibility index (Phi) is 4.86. The molecule has 2 nitrogen and oxygen atoms in total. The zero-order valence-corrected chi connectivity index (χ0v) is 15.1. The summed E-state index contributed by atoms with van der Waals surface area (Å²) in [7, 11) is 0. The summed E-state index contributed by atoms with van der Waals surface area (Å²) in [6, 6.07) is 32.1. The predicted octanol–water partition coefficient (Wildman–Crippen LogP) is 6.77. The molecule has 0 radical (unpaired) electrons. The van der Waals surface area contributed by atoms with E-state index in [1.165, 1.54) is 0 Å². The fourth-order valence-electron chi connectivity index (χ4n) is 3.15. The number of benzene rings is 4. The number of para-hydroxylation sites is 1. The van der Waals surface area contributed by atoms with Crippen LogP contribution in [0.2, 0.25) is 0 Å². The van der Waals surface area contributed by atoms with Gasteiger partial charge in [0.2, 0.25) is 0 Å². The monoisotopic (exact) mass is 364 g/mol. The Hall–Kier alpha value is -3.90. The van der Waals surface area contributed by atoms with Gasteiger partial charge < -0.3 is 5.32 Å². The summed E-state index contributed by atoms with van der Waals surface area (Å²) in [5.41, 5.74) is 5.13. The molecule has 0 aliphatic carbocycles. The quantitative estimate of drug-likeness (QED) is 0.433. The zero-order chi connectivity index (χ0) is 19.3. The third-order valence-electron chi connectivity index (χ3n) is 4.57. The molecule has 1 N–H and O–H groups in total. The number of anilines is 2. The van der Waals surface area contributed by atoms with Gasteiger partial charge in [0.15, 0.2) is 0 Å². The normalized spacial score (nSPS) is 10.3. The van der Waals surface area contributed by atoms with E-state index in [-0.39, 0.29) is 5.82 Å². The largest absolute Gasteiger partial charge is 0.353 e. The van der Waals surface area contributed by atoms with Gasteiger partial charge in [-0.15, -0.1) is 0 Å². The first-order chi connectivity index (χ1) is 13.7. The lowest BCUT2D eigenvalue weighted by Gasteiger charge is -2.16. The van der Waals surface area contributed by atoms with Crippen molar-refractivity contribution in [3.05, 3.63) is 108 Å². The molecule has 0 heterocycles. The van der Waals surface area contributed by atoms with Crippen LogP contribution in [0.1, 0.15) is 5.56 Å². The number of hydrogen-bond donors (Lipinski definition) is 1. The zero-order valence-electron chi connectivity index (χ0n) is 15.1. The average Bonchev–Trinajstić information content (AvgIpc) is 2.76. The molecule has 0 amide bonds. The smallest absolute Gasteiger partial charge is 0.147 e. The van der Waals surface area contributed by atoms with Crippen molar-refractivity contribution in [2.75, 3.05) is 5.32 Å². The molecule has 28 heavy (non-hydrogen) atoms. The summed E-state index contributed by atoms with van der Waals surface area (Å²) >= 11 is 0. The Morgan fingerprint density at radius 3 is 1.96 bits per heavy atom. The van der Waals surface area contributed by atoms with Crippen LogP contribution in [-0.4, -0.2) is 0 Å². The van der Waals surface area contributed by atoms with Crippen molar-refractivity contribution in [1.82, 2.24) is 0 Å². The predicted molar refractivity (Wildman–Crippen MR) is 112 cm³/mol. The van der Waals surface area contributed by atoms with Crippen LogP contribution in [0.15, 0.2) is 97.1 Å². The minimum atomic E-state index is -0.329. The molecule has 4 rings (SSSR count). The fourth-order valence-corrected chi connectivity index (χ4v) is 3.15. The first-order valence-electron chi connectivity index (χ1n) is 8.96. The van der Waals surface area contributed by atoms with Crippen molar-refractivity contribution in [1.29, 1.82) is 5.26 Å². The number of hydrogen-bond acceptors (Lipinski definition) is 2. The summed E-state index contributed by atoms with van der Waals surface area (Å²) in [6.07, 6.45) is 0. The molecule has 4 aromatic carbocycles. The molecule has 0 aliphatic rings. The Bertz CT molecular complexity index is 1130. The lowest BCUT2D eigenvalue weighted by Crippen LogP contribution is -1.98. The second-order valence-electron chi connectivity index (χ2n) is 6.43. The van der Waals surface area contributed by atoms with Crippen molar-refractivity contribution in [2.45, 2.75) is 0 Å². The molecular formula is C25H17FN2. The number of rotatable bonds is 4. The molecule has 134 valence electrons. The maximum Gasteiger partial charge on any atom is 0.147 e. The lowest BCUT2D eigenvalue weighted by atomic mass is 9.96. The Balaban J connectivity index is 1.87. The summed E-state index contributed by atoms with van der Waals surface area (Å²) in [4.78, 5) is 0. The third-order valence-corrected chi connectivity index (χ3v) is 4.57. The average molecular weight is 364 g/mol. The highest BCUT2D eigenvalue weighted by Gasteiger charge is 2.14. The van der Waals surface area contributed by atoms with Gasteiger partial charge in [-0.2, -0.15) is 5.26 Å². The fraction of sp³-hybridized carbons (Fsp3) is 0. The van der Waals surface area contributed by atoms with Gasteiger partial charge in [0.25, 0.3) is 0 Å². The van der Waals surface area contributed by atoms with E-state index in [4.69, 9.17) is 5.26 Å². The van der Waals surface area contributed by atoms with Crippen LogP contribution in [-0.2, 0) is 0 Å². The van der Waals surface area contributed by atoms with Crippen LogP contribution in [0, 0.1) is 17.1 Å². The van der Waals surface area contributed by atoms with Crippen LogP contribution >= 0.6 is 0 Å². The van der Waals surface area contributed by atoms with Crippen molar-refractivity contribution >= 4 is 11.4 Å². The van der Waals surface area contributed by atoms with Crippen molar-refractivity contribution in [3.63, 3.8) is 0 Å². The maximum absolute atomic E-state index is 15.2. The Morgan fingerprint density at radius 2 is 1.32 bits per heavy atom. The minimum Gasteiger partial charge on any atom is -0.353 e. The number of nitriles is 1. The van der Waals surface area contributed by atoms with E-state index in [2.05, 4.69) is 11.4 Å². The number of nitrogens with one attached hydrogen (secondary N) is 1. The van der Waals surface area contributed by atoms with Gasteiger partial charge >= 0.3 is 0 Å². The van der Waals surface area contributed by atoms with Gasteiger partial charge in [-0.05, 0) is 53.1 Å². The first-order valence-corrected chi connectivity index (χ1v) is 8.96. The summed E-state index contributed by atoms with van der Waals surface area (Å²) in [6.45, 7) is 0. The highest BCUT2D eigenvalue weighted by molar-refractivity contribution is 5.86. The van der Waals surface area contributed by atoms with E-state index in [1.54, 1.807) is 18.2 Å². The van der Waals surface area contributed by atoms with Crippen LogP contribution in [0.25, 0.3) is 22.3 Å². The molecule has 3 heteroatoms. The molecule has 0 fully saturated rings.